The van der Waals surface area contributed by atoms with Gasteiger partial charge < -0.3 is 4.42 Å². The van der Waals surface area contributed by atoms with Crippen LogP contribution in [0.3, 0.4) is 0 Å². The Hall–Kier alpha value is -2.14. The first-order valence-electron chi connectivity index (χ1n) is 6.48. The summed E-state index contributed by atoms with van der Waals surface area (Å²) in [6.07, 6.45) is 0. The molecule has 1 heterocycles. The molecule has 0 fully saturated rings. The molecule has 3 nitrogen and oxygen atoms in total. The van der Waals surface area contributed by atoms with Gasteiger partial charge in [-0.1, -0.05) is 41.6 Å². The van der Waals surface area contributed by atoms with Gasteiger partial charge in [0.25, 0.3) is 5.22 Å². The molecule has 5 heteroatoms. The maximum Gasteiger partial charge on any atom is 0.277 e. The van der Waals surface area contributed by atoms with Gasteiger partial charge in [0.05, 0.1) is 0 Å². The molecular formula is C16H13FN2OS. The molecule has 0 bridgehead atoms. The summed E-state index contributed by atoms with van der Waals surface area (Å²) >= 11 is 1.44. The third kappa shape index (κ3) is 3.49. The molecule has 2 aromatic carbocycles. The molecule has 0 unspecified atom stereocenters. The van der Waals surface area contributed by atoms with Crippen LogP contribution in [0.5, 0.6) is 0 Å². The highest BCUT2D eigenvalue weighted by atomic mass is 32.2. The second-order valence-electron chi connectivity index (χ2n) is 4.66. The van der Waals surface area contributed by atoms with Crippen LogP contribution in [0.1, 0.15) is 11.1 Å². The van der Waals surface area contributed by atoms with Crippen molar-refractivity contribution in [2.75, 3.05) is 0 Å². The van der Waals surface area contributed by atoms with Gasteiger partial charge >= 0.3 is 0 Å². The summed E-state index contributed by atoms with van der Waals surface area (Å²) in [7, 11) is 0. The smallest absolute Gasteiger partial charge is 0.277 e. The number of hydrogen-bond donors (Lipinski definition) is 0. The van der Waals surface area contributed by atoms with Crippen molar-refractivity contribution in [1.82, 2.24) is 10.2 Å². The van der Waals surface area contributed by atoms with E-state index in [9.17, 15) is 4.39 Å². The van der Waals surface area contributed by atoms with Crippen LogP contribution in [-0.2, 0) is 5.75 Å². The highest BCUT2D eigenvalue weighted by molar-refractivity contribution is 7.98. The molecule has 0 saturated carbocycles. The van der Waals surface area contributed by atoms with Crippen LogP contribution >= 0.6 is 11.8 Å². The predicted octanol–water partition coefficient (Wildman–Crippen LogP) is 4.48. The first-order valence-corrected chi connectivity index (χ1v) is 7.47. The molecule has 0 aliphatic heterocycles. The third-order valence-corrected chi connectivity index (χ3v) is 3.84. The lowest BCUT2D eigenvalue weighted by atomic mass is 10.1. The third-order valence-electron chi connectivity index (χ3n) is 2.95. The lowest BCUT2D eigenvalue weighted by Gasteiger charge is -1.98. The summed E-state index contributed by atoms with van der Waals surface area (Å²) in [4.78, 5) is 0. The molecule has 21 heavy (non-hydrogen) atoms. The Labute approximate surface area is 126 Å². The van der Waals surface area contributed by atoms with Gasteiger partial charge in [0.15, 0.2) is 0 Å². The van der Waals surface area contributed by atoms with Gasteiger partial charge in [-0.05, 0) is 36.8 Å². The van der Waals surface area contributed by atoms with Gasteiger partial charge in [0.2, 0.25) is 5.89 Å². The van der Waals surface area contributed by atoms with Gasteiger partial charge in [-0.2, -0.15) is 0 Å². The first kappa shape index (κ1) is 13.8. The zero-order valence-electron chi connectivity index (χ0n) is 11.4. The summed E-state index contributed by atoms with van der Waals surface area (Å²) < 4.78 is 18.5. The van der Waals surface area contributed by atoms with E-state index < -0.39 is 0 Å². The van der Waals surface area contributed by atoms with Crippen molar-refractivity contribution in [2.45, 2.75) is 17.9 Å². The molecule has 0 aliphatic rings. The lowest BCUT2D eigenvalue weighted by molar-refractivity contribution is 0.466. The van der Waals surface area contributed by atoms with E-state index in [1.165, 1.54) is 23.9 Å². The van der Waals surface area contributed by atoms with E-state index in [1.807, 2.05) is 31.2 Å². The van der Waals surface area contributed by atoms with Crippen molar-refractivity contribution in [3.05, 3.63) is 65.5 Å². The molecule has 0 spiro atoms. The van der Waals surface area contributed by atoms with Gasteiger partial charge in [-0.25, -0.2) is 4.39 Å². The highest BCUT2D eigenvalue weighted by Crippen LogP contribution is 2.26. The minimum atomic E-state index is -0.233. The SMILES string of the molecule is Cc1cccc(-c2nnc(SCc3ccc(F)cc3)o2)c1. The number of rotatable bonds is 4. The average molecular weight is 300 g/mol. The van der Waals surface area contributed by atoms with Gasteiger partial charge in [-0.3, -0.25) is 0 Å². The summed E-state index contributed by atoms with van der Waals surface area (Å²) in [5, 5.41) is 8.59. The van der Waals surface area contributed by atoms with Gasteiger partial charge in [0, 0.05) is 11.3 Å². The molecule has 0 N–H and O–H groups in total. The van der Waals surface area contributed by atoms with E-state index in [1.54, 1.807) is 12.1 Å². The lowest BCUT2D eigenvalue weighted by Crippen LogP contribution is -1.81. The van der Waals surface area contributed by atoms with E-state index in [0.29, 0.717) is 16.9 Å². The number of hydrogen-bond acceptors (Lipinski definition) is 4. The number of thioether (sulfide) groups is 1. The Morgan fingerprint density at radius 1 is 1.10 bits per heavy atom. The van der Waals surface area contributed by atoms with Crippen molar-refractivity contribution >= 4 is 11.8 Å². The monoisotopic (exact) mass is 300 g/mol. The number of halogens is 1. The van der Waals surface area contributed by atoms with E-state index in [-0.39, 0.29) is 5.82 Å². The highest BCUT2D eigenvalue weighted by Gasteiger charge is 2.09. The maximum absolute atomic E-state index is 12.8. The van der Waals surface area contributed by atoms with Crippen molar-refractivity contribution in [1.29, 1.82) is 0 Å². The fourth-order valence-corrected chi connectivity index (χ4v) is 2.61. The fourth-order valence-electron chi connectivity index (χ4n) is 1.89. The van der Waals surface area contributed by atoms with E-state index >= 15 is 0 Å². The zero-order valence-corrected chi connectivity index (χ0v) is 12.2. The van der Waals surface area contributed by atoms with E-state index in [0.717, 1.165) is 16.7 Å². The maximum atomic E-state index is 12.8. The van der Waals surface area contributed by atoms with Crippen LogP contribution < -0.4 is 0 Å². The Morgan fingerprint density at radius 3 is 2.67 bits per heavy atom. The van der Waals surface area contributed by atoms with Crippen molar-refractivity contribution in [3.63, 3.8) is 0 Å². The van der Waals surface area contributed by atoms with Crippen molar-refractivity contribution in [2.24, 2.45) is 0 Å². The predicted molar refractivity (Wildman–Crippen MR) is 80.4 cm³/mol. The Balaban J connectivity index is 1.69. The van der Waals surface area contributed by atoms with Crippen LogP contribution in [0, 0.1) is 12.7 Å². The van der Waals surface area contributed by atoms with Gasteiger partial charge in [-0.15, -0.1) is 10.2 Å². The molecule has 0 aliphatic carbocycles. The molecule has 106 valence electrons. The molecular weight excluding hydrogens is 287 g/mol. The molecule has 3 aromatic rings. The summed E-state index contributed by atoms with van der Waals surface area (Å²) in [6, 6.07) is 14.3. The molecule has 0 saturated heterocycles. The first-order chi connectivity index (χ1) is 10.2. The largest absolute Gasteiger partial charge is 0.411 e. The molecule has 3 rings (SSSR count). The number of aromatic nitrogens is 2. The van der Waals surface area contributed by atoms with Crippen molar-refractivity contribution < 1.29 is 8.81 Å². The Morgan fingerprint density at radius 2 is 1.90 bits per heavy atom. The normalized spacial score (nSPS) is 10.8. The van der Waals surface area contributed by atoms with Gasteiger partial charge in [0.1, 0.15) is 5.82 Å². The zero-order chi connectivity index (χ0) is 14.7. The van der Waals surface area contributed by atoms with Crippen LogP contribution in [0.2, 0.25) is 0 Å². The second kappa shape index (κ2) is 6.10. The van der Waals surface area contributed by atoms with E-state index in [4.69, 9.17) is 4.42 Å². The number of nitrogens with zero attached hydrogens (tertiary/aromatic N) is 2. The van der Waals surface area contributed by atoms with E-state index in [2.05, 4.69) is 10.2 Å². The van der Waals surface area contributed by atoms with Crippen LogP contribution in [0.4, 0.5) is 4.39 Å². The minimum absolute atomic E-state index is 0.233. The molecule has 0 atom stereocenters. The number of benzene rings is 2. The Bertz CT molecular complexity index is 740. The second-order valence-corrected chi connectivity index (χ2v) is 5.58. The average Bonchev–Trinajstić information content (AvgIpc) is 2.96. The molecule has 1 aromatic heterocycles. The molecule has 0 amide bonds. The standard InChI is InChI=1S/C16H13FN2OS/c1-11-3-2-4-13(9-11)15-18-19-16(20-15)21-10-12-5-7-14(17)8-6-12/h2-9H,10H2,1H3. The Kier molecular flexibility index (Phi) is 4.01. The van der Waals surface area contributed by atoms with Crippen molar-refractivity contribution in [3.8, 4) is 11.5 Å². The summed E-state index contributed by atoms with van der Waals surface area (Å²) in [5.41, 5.74) is 3.07. The van der Waals surface area contributed by atoms with Crippen LogP contribution in [0.25, 0.3) is 11.5 Å². The van der Waals surface area contributed by atoms with Crippen LogP contribution in [0.15, 0.2) is 58.2 Å². The topological polar surface area (TPSA) is 38.9 Å². The summed E-state index contributed by atoms with van der Waals surface area (Å²) in [5.74, 6) is 0.944. The van der Waals surface area contributed by atoms with Crippen LogP contribution in [-0.4, -0.2) is 10.2 Å². The quantitative estimate of drug-likeness (QED) is 0.666. The molecule has 0 radical (unpaired) electrons. The fraction of sp³-hybridized carbons (Fsp3) is 0.125. The number of aryl methyl sites for hydroxylation is 1. The summed E-state index contributed by atoms with van der Waals surface area (Å²) in [6.45, 7) is 2.02. The minimum Gasteiger partial charge on any atom is -0.411 e.